The van der Waals surface area contributed by atoms with Gasteiger partial charge < -0.3 is 15.3 Å². The highest BCUT2D eigenvalue weighted by Gasteiger charge is 2.31. The van der Waals surface area contributed by atoms with E-state index in [0.717, 1.165) is 5.75 Å². The predicted octanol–water partition coefficient (Wildman–Crippen LogP) is -0.375. The van der Waals surface area contributed by atoms with Crippen LogP contribution in [-0.4, -0.2) is 59.6 Å². The molecule has 1 fully saturated rings. The first-order valence-corrected chi connectivity index (χ1v) is 6.28. The van der Waals surface area contributed by atoms with E-state index in [2.05, 4.69) is 5.32 Å². The van der Waals surface area contributed by atoms with Crippen LogP contribution in [0.3, 0.4) is 0 Å². The maximum Gasteiger partial charge on any atom is 0.327 e. The summed E-state index contributed by atoms with van der Waals surface area (Å²) >= 11 is 1.59. The molecular formula is C9H16N2O3S. The molecular weight excluding hydrogens is 216 g/mol. The number of hydrogen-bond donors (Lipinski definition) is 2. The van der Waals surface area contributed by atoms with Crippen LogP contribution in [0.4, 0.5) is 0 Å². The van der Waals surface area contributed by atoms with Crippen LogP contribution in [0.1, 0.15) is 6.42 Å². The van der Waals surface area contributed by atoms with E-state index in [1.54, 1.807) is 11.8 Å². The Balaban J connectivity index is 2.55. The minimum atomic E-state index is -0.931. The molecule has 0 aliphatic carbocycles. The van der Waals surface area contributed by atoms with Gasteiger partial charge in [-0.1, -0.05) is 0 Å². The molecule has 1 rings (SSSR count). The fourth-order valence-corrected chi connectivity index (χ4v) is 1.94. The number of nitrogens with zero attached hydrogens (tertiary/aromatic N) is 1. The molecule has 0 spiro atoms. The third-order valence-electron chi connectivity index (χ3n) is 2.37. The standard InChI is InChI=1S/C9H16N2O3S/c1-15-5-2-8(12)11-4-3-10-6-7(11)9(13)14/h7,10H,2-6H2,1H3,(H,13,14). The number of amides is 1. The average molecular weight is 232 g/mol. The topological polar surface area (TPSA) is 69.6 Å². The van der Waals surface area contributed by atoms with Crippen LogP contribution in [0.5, 0.6) is 0 Å². The summed E-state index contributed by atoms with van der Waals surface area (Å²) in [6, 6.07) is -0.701. The molecule has 1 atom stereocenters. The highest BCUT2D eigenvalue weighted by Crippen LogP contribution is 2.08. The van der Waals surface area contributed by atoms with Gasteiger partial charge in [0.1, 0.15) is 6.04 Å². The number of hydrogen-bond acceptors (Lipinski definition) is 4. The van der Waals surface area contributed by atoms with E-state index in [-0.39, 0.29) is 5.91 Å². The third-order valence-corrected chi connectivity index (χ3v) is 2.98. The van der Waals surface area contributed by atoms with Crippen LogP contribution in [0.2, 0.25) is 0 Å². The monoisotopic (exact) mass is 232 g/mol. The van der Waals surface area contributed by atoms with Crippen molar-refractivity contribution in [3.05, 3.63) is 0 Å². The number of aliphatic carboxylic acids is 1. The second-order valence-electron chi connectivity index (χ2n) is 3.39. The lowest BCUT2D eigenvalue weighted by molar-refractivity contribution is -0.151. The SMILES string of the molecule is CSCCC(=O)N1CCNCC1C(=O)O. The molecule has 2 N–H and O–H groups in total. The molecule has 1 saturated heterocycles. The van der Waals surface area contributed by atoms with Crippen molar-refractivity contribution in [2.45, 2.75) is 12.5 Å². The molecule has 0 radical (unpaired) electrons. The zero-order chi connectivity index (χ0) is 11.3. The lowest BCUT2D eigenvalue weighted by Gasteiger charge is -2.33. The first-order valence-electron chi connectivity index (χ1n) is 4.88. The van der Waals surface area contributed by atoms with Crippen molar-refractivity contribution < 1.29 is 14.7 Å². The average Bonchev–Trinajstić information content (AvgIpc) is 2.25. The van der Waals surface area contributed by atoms with Crippen LogP contribution in [0, 0.1) is 0 Å². The minimum absolute atomic E-state index is 0.0572. The highest BCUT2D eigenvalue weighted by atomic mass is 32.2. The van der Waals surface area contributed by atoms with Crippen molar-refractivity contribution in [1.29, 1.82) is 0 Å². The van der Waals surface area contributed by atoms with Crippen LogP contribution < -0.4 is 5.32 Å². The van der Waals surface area contributed by atoms with E-state index < -0.39 is 12.0 Å². The molecule has 6 heteroatoms. The lowest BCUT2D eigenvalue weighted by atomic mass is 10.2. The molecule has 0 aromatic carbocycles. The number of thioether (sulfide) groups is 1. The van der Waals surface area contributed by atoms with Crippen LogP contribution in [0.15, 0.2) is 0 Å². The van der Waals surface area contributed by atoms with Gasteiger partial charge in [-0.2, -0.15) is 11.8 Å². The molecule has 0 aromatic heterocycles. The number of rotatable bonds is 4. The molecule has 1 aliphatic rings. The van der Waals surface area contributed by atoms with Gasteiger partial charge in [-0.3, -0.25) is 4.79 Å². The van der Waals surface area contributed by atoms with Crippen molar-refractivity contribution >= 4 is 23.6 Å². The van der Waals surface area contributed by atoms with E-state index in [9.17, 15) is 9.59 Å². The number of carbonyl (C=O) groups excluding carboxylic acids is 1. The lowest BCUT2D eigenvalue weighted by Crippen LogP contribution is -2.57. The second-order valence-corrected chi connectivity index (χ2v) is 4.37. The zero-order valence-electron chi connectivity index (χ0n) is 8.73. The summed E-state index contributed by atoms with van der Waals surface area (Å²) in [4.78, 5) is 24.1. The number of carboxylic acids is 1. The molecule has 0 saturated carbocycles. The smallest absolute Gasteiger partial charge is 0.327 e. The number of carboxylic acid groups (broad SMARTS) is 1. The zero-order valence-corrected chi connectivity index (χ0v) is 9.55. The molecule has 0 bridgehead atoms. The van der Waals surface area contributed by atoms with Crippen LogP contribution >= 0.6 is 11.8 Å². The Morgan fingerprint density at radius 2 is 2.33 bits per heavy atom. The maximum absolute atomic E-state index is 11.7. The predicted molar refractivity (Wildman–Crippen MR) is 59.0 cm³/mol. The van der Waals surface area contributed by atoms with Gasteiger partial charge in [-0.25, -0.2) is 4.79 Å². The van der Waals surface area contributed by atoms with Gasteiger partial charge in [-0.15, -0.1) is 0 Å². The van der Waals surface area contributed by atoms with Crippen molar-refractivity contribution in [1.82, 2.24) is 10.2 Å². The first-order chi connectivity index (χ1) is 7.16. The summed E-state index contributed by atoms with van der Waals surface area (Å²) in [6.45, 7) is 1.51. The van der Waals surface area contributed by atoms with Crippen LogP contribution in [0.25, 0.3) is 0 Å². The number of piperazine rings is 1. The van der Waals surface area contributed by atoms with E-state index in [1.165, 1.54) is 4.90 Å². The summed E-state index contributed by atoms with van der Waals surface area (Å²) in [6.07, 6.45) is 2.35. The molecule has 5 nitrogen and oxygen atoms in total. The van der Waals surface area contributed by atoms with Gasteiger partial charge >= 0.3 is 5.97 Å². The Labute approximate surface area is 93.2 Å². The first kappa shape index (κ1) is 12.3. The fourth-order valence-electron chi connectivity index (χ4n) is 1.56. The normalized spacial score (nSPS) is 21.4. The van der Waals surface area contributed by atoms with Gasteiger partial charge in [0.05, 0.1) is 0 Å². The molecule has 86 valence electrons. The number of nitrogens with one attached hydrogen (secondary N) is 1. The second kappa shape index (κ2) is 5.97. The van der Waals surface area contributed by atoms with Crippen molar-refractivity contribution in [3.8, 4) is 0 Å². The van der Waals surface area contributed by atoms with E-state index >= 15 is 0 Å². The molecule has 0 aromatic rings. The van der Waals surface area contributed by atoms with Crippen molar-refractivity contribution in [3.63, 3.8) is 0 Å². The fraction of sp³-hybridized carbons (Fsp3) is 0.778. The van der Waals surface area contributed by atoms with Crippen LogP contribution in [-0.2, 0) is 9.59 Å². The largest absolute Gasteiger partial charge is 0.480 e. The number of carbonyl (C=O) groups is 2. The van der Waals surface area contributed by atoms with E-state index in [1.807, 2.05) is 6.26 Å². The third kappa shape index (κ3) is 3.39. The summed E-state index contributed by atoms with van der Waals surface area (Å²) in [5.74, 6) is -0.243. The molecule has 15 heavy (non-hydrogen) atoms. The van der Waals surface area contributed by atoms with Crippen molar-refractivity contribution in [2.24, 2.45) is 0 Å². The summed E-state index contributed by atoms with van der Waals surface area (Å²) < 4.78 is 0. The Bertz CT molecular complexity index is 248. The maximum atomic E-state index is 11.7. The van der Waals surface area contributed by atoms with Gasteiger partial charge in [0, 0.05) is 31.8 Å². The Morgan fingerprint density at radius 3 is 2.93 bits per heavy atom. The summed E-state index contributed by atoms with van der Waals surface area (Å²) in [7, 11) is 0. The highest BCUT2D eigenvalue weighted by molar-refractivity contribution is 7.98. The van der Waals surface area contributed by atoms with E-state index in [0.29, 0.717) is 26.1 Å². The van der Waals surface area contributed by atoms with Crippen molar-refractivity contribution in [2.75, 3.05) is 31.6 Å². The van der Waals surface area contributed by atoms with E-state index in [4.69, 9.17) is 5.11 Å². The Kier molecular flexibility index (Phi) is 4.90. The van der Waals surface area contributed by atoms with Gasteiger partial charge in [0.2, 0.25) is 5.91 Å². The molecule has 1 heterocycles. The Hall–Kier alpha value is -0.750. The van der Waals surface area contributed by atoms with Gasteiger partial charge in [0.15, 0.2) is 0 Å². The molecule has 1 unspecified atom stereocenters. The van der Waals surface area contributed by atoms with Gasteiger partial charge in [0.25, 0.3) is 0 Å². The molecule has 1 aliphatic heterocycles. The quantitative estimate of drug-likeness (QED) is 0.692. The minimum Gasteiger partial charge on any atom is -0.480 e. The molecule has 1 amide bonds. The Morgan fingerprint density at radius 1 is 1.60 bits per heavy atom. The summed E-state index contributed by atoms with van der Waals surface area (Å²) in [5.41, 5.74) is 0. The van der Waals surface area contributed by atoms with Gasteiger partial charge in [-0.05, 0) is 6.26 Å². The summed E-state index contributed by atoms with van der Waals surface area (Å²) in [5, 5.41) is 11.9.